The van der Waals surface area contributed by atoms with Crippen molar-refractivity contribution in [3.63, 3.8) is 0 Å². The summed E-state index contributed by atoms with van der Waals surface area (Å²) in [5.74, 6) is 0.870. The maximum atomic E-state index is 6.24. The van der Waals surface area contributed by atoms with Crippen LogP contribution in [0.1, 0.15) is 5.56 Å². The molecule has 0 bridgehead atoms. The zero-order valence-corrected chi connectivity index (χ0v) is 11.4. The fraction of sp³-hybridized carbons (Fsp3) is 0.133. The highest BCUT2D eigenvalue weighted by atomic mass is 35.5. The second-order valence-electron chi connectivity index (χ2n) is 4.50. The van der Waals surface area contributed by atoms with Gasteiger partial charge in [-0.25, -0.2) is 4.98 Å². The summed E-state index contributed by atoms with van der Waals surface area (Å²) in [6.07, 6.45) is 0. The molecule has 2 N–H and O–H groups in total. The van der Waals surface area contributed by atoms with E-state index in [1.165, 1.54) is 0 Å². The number of fused-ring (bicyclic) bond motifs is 1. The van der Waals surface area contributed by atoms with Crippen LogP contribution in [-0.4, -0.2) is 9.55 Å². The second-order valence-corrected chi connectivity index (χ2v) is 4.91. The number of aryl methyl sites for hydroxylation is 1. The van der Waals surface area contributed by atoms with Gasteiger partial charge in [0.05, 0.1) is 16.1 Å². The first-order chi connectivity index (χ1) is 9.20. The predicted molar refractivity (Wildman–Crippen MR) is 79.1 cm³/mol. The monoisotopic (exact) mass is 271 g/mol. The summed E-state index contributed by atoms with van der Waals surface area (Å²) in [5.41, 5.74) is 9.71. The lowest BCUT2D eigenvalue weighted by atomic mass is 10.2. The molecule has 0 atom stereocenters. The van der Waals surface area contributed by atoms with Crippen LogP contribution < -0.4 is 5.73 Å². The average Bonchev–Trinajstić information content (AvgIpc) is 2.76. The Kier molecular flexibility index (Phi) is 3.01. The number of hydrogen-bond donors (Lipinski definition) is 1. The number of imidazole rings is 1. The van der Waals surface area contributed by atoms with Crippen molar-refractivity contribution >= 4 is 22.6 Å². The van der Waals surface area contributed by atoms with E-state index >= 15 is 0 Å². The van der Waals surface area contributed by atoms with Gasteiger partial charge in [-0.2, -0.15) is 0 Å². The van der Waals surface area contributed by atoms with Gasteiger partial charge in [0.25, 0.3) is 0 Å². The van der Waals surface area contributed by atoms with Gasteiger partial charge in [0, 0.05) is 19.2 Å². The van der Waals surface area contributed by atoms with E-state index in [1.54, 1.807) is 0 Å². The first-order valence-corrected chi connectivity index (χ1v) is 6.49. The van der Waals surface area contributed by atoms with Crippen LogP contribution in [0.2, 0.25) is 5.02 Å². The van der Waals surface area contributed by atoms with Crippen molar-refractivity contribution in [2.75, 3.05) is 0 Å². The van der Waals surface area contributed by atoms with Crippen molar-refractivity contribution in [1.82, 2.24) is 9.55 Å². The van der Waals surface area contributed by atoms with Crippen molar-refractivity contribution in [1.29, 1.82) is 0 Å². The number of nitrogens with zero attached hydrogens (tertiary/aromatic N) is 2. The Labute approximate surface area is 116 Å². The Balaban J connectivity index is 2.25. The lowest BCUT2D eigenvalue weighted by molar-refractivity contribution is 0.959. The van der Waals surface area contributed by atoms with E-state index < -0.39 is 0 Å². The molecule has 0 amide bonds. The van der Waals surface area contributed by atoms with Crippen LogP contribution in [0, 0.1) is 0 Å². The smallest absolute Gasteiger partial charge is 0.142 e. The molecule has 2 aromatic carbocycles. The summed E-state index contributed by atoms with van der Waals surface area (Å²) in [5, 5.41) is 0.708. The molecule has 0 fully saturated rings. The Hall–Kier alpha value is -1.84. The van der Waals surface area contributed by atoms with Crippen LogP contribution in [0.25, 0.3) is 22.4 Å². The van der Waals surface area contributed by atoms with Crippen LogP contribution in [0.3, 0.4) is 0 Å². The third-order valence-corrected chi connectivity index (χ3v) is 3.63. The zero-order valence-electron chi connectivity index (χ0n) is 10.6. The SMILES string of the molecule is Cn1c(-c2ccccc2Cl)nc2cc(CN)ccc21. The minimum Gasteiger partial charge on any atom is -0.327 e. The van der Waals surface area contributed by atoms with E-state index in [1.807, 2.05) is 49.5 Å². The summed E-state index contributed by atoms with van der Waals surface area (Å²) in [6.45, 7) is 0.522. The lowest BCUT2D eigenvalue weighted by Gasteiger charge is -2.04. The Bertz CT molecular complexity index is 746. The molecule has 0 spiro atoms. The van der Waals surface area contributed by atoms with Crippen molar-refractivity contribution < 1.29 is 0 Å². The number of benzene rings is 2. The quantitative estimate of drug-likeness (QED) is 0.777. The summed E-state index contributed by atoms with van der Waals surface area (Å²) >= 11 is 6.24. The average molecular weight is 272 g/mol. The van der Waals surface area contributed by atoms with Crippen molar-refractivity contribution in [3.05, 3.63) is 53.1 Å². The van der Waals surface area contributed by atoms with Gasteiger partial charge in [-0.05, 0) is 29.8 Å². The van der Waals surface area contributed by atoms with E-state index in [0.29, 0.717) is 11.6 Å². The third-order valence-electron chi connectivity index (χ3n) is 3.30. The summed E-state index contributed by atoms with van der Waals surface area (Å²) < 4.78 is 2.05. The van der Waals surface area contributed by atoms with Gasteiger partial charge in [-0.3, -0.25) is 0 Å². The number of rotatable bonds is 2. The molecule has 3 nitrogen and oxygen atoms in total. The molecular formula is C15H14ClN3. The highest BCUT2D eigenvalue weighted by molar-refractivity contribution is 6.33. The van der Waals surface area contributed by atoms with E-state index in [9.17, 15) is 0 Å². The maximum absolute atomic E-state index is 6.24. The van der Waals surface area contributed by atoms with E-state index in [-0.39, 0.29) is 0 Å². The topological polar surface area (TPSA) is 43.8 Å². The molecule has 1 heterocycles. The first-order valence-electron chi connectivity index (χ1n) is 6.11. The molecule has 1 aromatic heterocycles. The minimum atomic E-state index is 0.522. The predicted octanol–water partition coefficient (Wildman–Crippen LogP) is 3.35. The molecule has 0 radical (unpaired) electrons. The molecule has 96 valence electrons. The van der Waals surface area contributed by atoms with Crippen molar-refractivity contribution in [2.45, 2.75) is 6.54 Å². The van der Waals surface area contributed by atoms with Crippen LogP contribution in [0.4, 0.5) is 0 Å². The molecule has 4 heteroatoms. The van der Waals surface area contributed by atoms with Crippen LogP contribution >= 0.6 is 11.6 Å². The van der Waals surface area contributed by atoms with Gasteiger partial charge in [-0.15, -0.1) is 0 Å². The third kappa shape index (κ3) is 2.01. The number of hydrogen-bond acceptors (Lipinski definition) is 2. The highest BCUT2D eigenvalue weighted by Crippen LogP contribution is 2.29. The molecule has 0 unspecified atom stereocenters. The molecular weight excluding hydrogens is 258 g/mol. The molecule has 0 aliphatic carbocycles. The molecule has 3 rings (SSSR count). The van der Waals surface area contributed by atoms with E-state index in [2.05, 4.69) is 9.55 Å². The fourth-order valence-electron chi connectivity index (χ4n) is 2.26. The fourth-order valence-corrected chi connectivity index (χ4v) is 2.48. The molecule has 0 saturated carbocycles. The number of nitrogens with two attached hydrogens (primary N) is 1. The summed E-state index contributed by atoms with van der Waals surface area (Å²) in [4.78, 5) is 4.67. The van der Waals surface area contributed by atoms with Gasteiger partial charge in [0.2, 0.25) is 0 Å². The van der Waals surface area contributed by atoms with Crippen molar-refractivity contribution in [2.24, 2.45) is 12.8 Å². The largest absolute Gasteiger partial charge is 0.327 e. The molecule has 19 heavy (non-hydrogen) atoms. The normalized spacial score (nSPS) is 11.1. The first kappa shape index (κ1) is 12.2. The van der Waals surface area contributed by atoms with Crippen LogP contribution in [-0.2, 0) is 13.6 Å². The van der Waals surface area contributed by atoms with Gasteiger partial charge in [0.15, 0.2) is 0 Å². The number of aromatic nitrogens is 2. The molecule has 3 aromatic rings. The van der Waals surface area contributed by atoms with Crippen LogP contribution in [0.15, 0.2) is 42.5 Å². The second kappa shape index (κ2) is 4.68. The van der Waals surface area contributed by atoms with E-state index in [4.69, 9.17) is 17.3 Å². The minimum absolute atomic E-state index is 0.522. The van der Waals surface area contributed by atoms with Gasteiger partial charge < -0.3 is 10.3 Å². The lowest BCUT2D eigenvalue weighted by Crippen LogP contribution is -1.95. The van der Waals surface area contributed by atoms with Gasteiger partial charge in [0.1, 0.15) is 5.82 Å². The Morgan fingerprint density at radius 3 is 2.74 bits per heavy atom. The van der Waals surface area contributed by atoms with E-state index in [0.717, 1.165) is 28.0 Å². The standard InChI is InChI=1S/C15H14ClN3/c1-19-14-7-6-10(9-17)8-13(14)18-15(19)11-4-2-3-5-12(11)16/h2-8H,9,17H2,1H3. The molecule has 0 saturated heterocycles. The van der Waals surface area contributed by atoms with Crippen LogP contribution in [0.5, 0.6) is 0 Å². The van der Waals surface area contributed by atoms with Gasteiger partial charge in [-0.1, -0.05) is 29.8 Å². The Morgan fingerprint density at radius 2 is 2.00 bits per heavy atom. The molecule has 0 aliphatic heterocycles. The molecule has 0 aliphatic rings. The number of halogens is 1. The van der Waals surface area contributed by atoms with Gasteiger partial charge >= 0.3 is 0 Å². The summed E-state index contributed by atoms with van der Waals surface area (Å²) in [6, 6.07) is 13.8. The van der Waals surface area contributed by atoms with Crippen molar-refractivity contribution in [3.8, 4) is 11.4 Å². The maximum Gasteiger partial charge on any atom is 0.142 e. The zero-order chi connectivity index (χ0) is 13.4. The summed E-state index contributed by atoms with van der Waals surface area (Å²) in [7, 11) is 2.00. The Morgan fingerprint density at radius 1 is 1.21 bits per heavy atom. The highest BCUT2D eigenvalue weighted by Gasteiger charge is 2.12.